The molecule has 108 valence electrons. The molecule has 0 spiro atoms. The normalized spacial score (nSPS) is 25.6. The second kappa shape index (κ2) is 7.46. The predicted octanol–water partition coefficient (Wildman–Crippen LogP) is 1.13. The van der Waals surface area contributed by atoms with Gasteiger partial charge in [0.05, 0.1) is 5.75 Å². The fourth-order valence-corrected chi connectivity index (χ4v) is 3.02. The summed E-state index contributed by atoms with van der Waals surface area (Å²) < 4.78 is 21.9. The molecule has 0 aromatic heterocycles. The topological polar surface area (TPSA) is 49.4 Å². The summed E-state index contributed by atoms with van der Waals surface area (Å²) in [5.41, 5.74) is 0. The molecule has 1 saturated carbocycles. The average molecular weight is 276 g/mol. The molecule has 0 saturated heterocycles. The van der Waals surface area contributed by atoms with Crippen LogP contribution in [0, 0.1) is 5.92 Å². The van der Waals surface area contributed by atoms with Crippen LogP contribution in [0.1, 0.15) is 32.6 Å². The van der Waals surface area contributed by atoms with Crippen molar-refractivity contribution in [1.29, 1.82) is 0 Å². The minimum Gasteiger partial charge on any atom is -0.314 e. The largest absolute Gasteiger partial charge is 0.314 e. The van der Waals surface area contributed by atoms with E-state index in [1.807, 2.05) is 0 Å². The Morgan fingerprint density at radius 2 is 1.78 bits per heavy atom. The van der Waals surface area contributed by atoms with Gasteiger partial charge in [0.2, 0.25) is 0 Å². The molecule has 0 radical (unpaired) electrons. The third-order valence-corrected chi connectivity index (χ3v) is 4.85. The smallest absolute Gasteiger partial charge is 0.148 e. The average Bonchev–Trinajstić information content (AvgIpc) is 2.27. The van der Waals surface area contributed by atoms with Gasteiger partial charge in [-0.3, -0.25) is 0 Å². The molecule has 5 heteroatoms. The van der Waals surface area contributed by atoms with Crippen LogP contribution in [0.25, 0.3) is 0 Å². The molecule has 0 unspecified atom stereocenters. The van der Waals surface area contributed by atoms with E-state index in [1.165, 1.54) is 31.9 Å². The van der Waals surface area contributed by atoms with Crippen molar-refractivity contribution in [3.63, 3.8) is 0 Å². The minimum atomic E-state index is -2.83. The molecular weight excluding hydrogens is 248 g/mol. The SMILES string of the molecule is CC1CCC(N(C)CCNCCS(C)(=O)=O)CC1. The van der Waals surface area contributed by atoms with E-state index in [0.29, 0.717) is 6.54 Å². The molecule has 0 heterocycles. The van der Waals surface area contributed by atoms with E-state index in [-0.39, 0.29) is 5.75 Å². The van der Waals surface area contributed by atoms with Crippen LogP contribution in [0.15, 0.2) is 0 Å². The standard InChI is InChI=1S/C13H28N2O2S/c1-12-4-6-13(7-5-12)15(2)10-8-14-9-11-18(3,16)17/h12-14H,4-11H2,1-3H3. The highest BCUT2D eigenvalue weighted by atomic mass is 32.2. The molecule has 0 aromatic carbocycles. The molecule has 0 amide bonds. The Kier molecular flexibility index (Phi) is 6.60. The Morgan fingerprint density at radius 1 is 1.17 bits per heavy atom. The van der Waals surface area contributed by atoms with E-state index in [9.17, 15) is 8.42 Å². The number of nitrogens with one attached hydrogen (secondary N) is 1. The number of rotatable bonds is 7. The lowest BCUT2D eigenvalue weighted by Crippen LogP contribution is -2.39. The molecule has 1 fully saturated rings. The Labute approximate surface area is 112 Å². The van der Waals surface area contributed by atoms with E-state index in [0.717, 1.165) is 25.0 Å². The monoisotopic (exact) mass is 276 g/mol. The van der Waals surface area contributed by atoms with Gasteiger partial charge in [-0.2, -0.15) is 0 Å². The van der Waals surface area contributed by atoms with Crippen molar-refractivity contribution in [3.8, 4) is 0 Å². The molecule has 1 rings (SSSR count). The highest BCUT2D eigenvalue weighted by Crippen LogP contribution is 2.26. The van der Waals surface area contributed by atoms with Crippen LogP contribution in [0.2, 0.25) is 0 Å². The van der Waals surface area contributed by atoms with Crippen LogP contribution in [0.3, 0.4) is 0 Å². The summed E-state index contributed by atoms with van der Waals surface area (Å²) in [6.07, 6.45) is 6.58. The summed E-state index contributed by atoms with van der Waals surface area (Å²) in [6, 6.07) is 0.720. The van der Waals surface area contributed by atoms with Crippen LogP contribution < -0.4 is 5.32 Å². The van der Waals surface area contributed by atoms with Gasteiger partial charge in [-0.15, -0.1) is 0 Å². The van der Waals surface area contributed by atoms with Crippen LogP contribution in [-0.4, -0.2) is 58.1 Å². The summed E-state index contributed by atoms with van der Waals surface area (Å²) in [6.45, 7) is 4.78. The van der Waals surface area contributed by atoms with E-state index in [1.54, 1.807) is 0 Å². The first-order chi connectivity index (χ1) is 8.38. The lowest BCUT2D eigenvalue weighted by molar-refractivity contribution is 0.171. The van der Waals surface area contributed by atoms with Crippen molar-refractivity contribution >= 4 is 9.84 Å². The van der Waals surface area contributed by atoms with Gasteiger partial charge >= 0.3 is 0 Å². The van der Waals surface area contributed by atoms with Gasteiger partial charge in [0, 0.05) is 31.9 Å². The summed E-state index contributed by atoms with van der Waals surface area (Å²) in [5, 5.41) is 3.20. The molecule has 1 N–H and O–H groups in total. The molecule has 0 aromatic rings. The molecule has 1 aliphatic rings. The summed E-state index contributed by atoms with van der Waals surface area (Å²) in [4.78, 5) is 2.42. The zero-order chi connectivity index (χ0) is 13.6. The first-order valence-corrected chi connectivity index (χ1v) is 9.03. The zero-order valence-electron chi connectivity index (χ0n) is 12.0. The van der Waals surface area contributed by atoms with Gasteiger partial charge in [-0.25, -0.2) is 8.42 Å². The van der Waals surface area contributed by atoms with E-state index >= 15 is 0 Å². The Morgan fingerprint density at radius 3 is 2.33 bits per heavy atom. The third-order valence-electron chi connectivity index (χ3n) is 3.90. The van der Waals surface area contributed by atoms with Gasteiger partial charge in [0.25, 0.3) is 0 Å². The molecule has 0 atom stereocenters. The summed E-state index contributed by atoms with van der Waals surface area (Å²) in [7, 11) is -0.648. The van der Waals surface area contributed by atoms with Crippen molar-refractivity contribution in [3.05, 3.63) is 0 Å². The van der Waals surface area contributed by atoms with Crippen LogP contribution in [0.5, 0.6) is 0 Å². The molecule has 0 bridgehead atoms. The number of hydrogen-bond donors (Lipinski definition) is 1. The molecule has 1 aliphatic carbocycles. The van der Waals surface area contributed by atoms with Gasteiger partial charge in [0.1, 0.15) is 9.84 Å². The maximum atomic E-state index is 11.0. The lowest BCUT2D eigenvalue weighted by atomic mass is 9.87. The number of hydrogen-bond acceptors (Lipinski definition) is 4. The second-order valence-corrected chi connectivity index (χ2v) is 8.03. The molecule has 18 heavy (non-hydrogen) atoms. The van der Waals surface area contributed by atoms with Gasteiger partial charge in [-0.1, -0.05) is 6.92 Å². The van der Waals surface area contributed by atoms with Gasteiger partial charge < -0.3 is 10.2 Å². The van der Waals surface area contributed by atoms with Gasteiger partial charge in [-0.05, 0) is 38.6 Å². The van der Waals surface area contributed by atoms with Gasteiger partial charge in [0.15, 0.2) is 0 Å². The number of nitrogens with zero attached hydrogens (tertiary/aromatic N) is 1. The van der Waals surface area contributed by atoms with Crippen LogP contribution in [0.4, 0.5) is 0 Å². The number of likely N-dealkylation sites (N-methyl/N-ethyl adjacent to an activating group) is 1. The maximum Gasteiger partial charge on any atom is 0.148 e. The molecule has 0 aliphatic heterocycles. The predicted molar refractivity (Wildman–Crippen MR) is 76.6 cm³/mol. The first kappa shape index (κ1) is 15.9. The summed E-state index contributed by atoms with van der Waals surface area (Å²) in [5.74, 6) is 1.13. The van der Waals surface area contributed by atoms with E-state index in [4.69, 9.17) is 0 Å². The highest BCUT2D eigenvalue weighted by molar-refractivity contribution is 7.90. The zero-order valence-corrected chi connectivity index (χ0v) is 12.8. The first-order valence-electron chi connectivity index (χ1n) is 6.97. The quantitative estimate of drug-likeness (QED) is 0.708. The van der Waals surface area contributed by atoms with Crippen molar-refractivity contribution in [2.24, 2.45) is 5.92 Å². The Bertz CT molecular complexity index is 322. The molecular formula is C13H28N2O2S. The van der Waals surface area contributed by atoms with Crippen molar-refractivity contribution in [1.82, 2.24) is 10.2 Å². The number of sulfone groups is 1. The highest BCUT2D eigenvalue weighted by Gasteiger charge is 2.20. The van der Waals surface area contributed by atoms with Crippen molar-refractivity contribution in [2.45, 2.75) is 38.6 Å². The maximum absolute atomic E-state index is 11.0. The fourth-order valence-electron chi connectivity index (χ4n) is 2.50. The van der Waals surface area contributed by atoms with E-state index in [2.05, 4.69) is 24.2 Å². The third kappa shape index (κ3) is 6.71. The minimum absolute atomic E-state index is 0.234. The van der Waals surface area contributed by atoms with Crippen LogP contribution in [-0.2, 0) is 9.84 Å². The Balaban J connectivity index is 2.08. The second-order valence-electron chi connectivity index (χ2n) is 5.77. The Hall–Kier alpha value is -0.130. The summed E-state index contributed by atoms with van der Waals surface area (Å²) >= 11 is 0. The van der Waals surface area contributed by atoms with Crippen LogP contribution >= 0.6 is 0 Å². The fraction of sp³-hybridized carbons (Fsp3) is 1.00. The lowest BCUT2D eigenvalue weighted by Gasteiger charge is -2.33. The van der Waals surface area contributed by atoms with Crippen molar-refractivity contribution < 1.29 is 8.42 Å². The van der Waals surface area contributed by atoms with E-state index < -0.39 is 9.84 Å². The van der Waals surface area contributed by atoms with Crippen molar-refractivity contribution in [2.75, 3.05) is 38.7 Å². The molecule has 4 nitrogen and oxygen atoms in total.